The second kappa shape index (κ2) is 8.40. The van der Waals surface area contributed by atoms with Gasteiger partial charge in [0.2, 0.25) is 0 Å². The molecule has 134 valence electrons. The molecular weight excluding hydrogens is 374 g/mol. The van der Waals surface area contributed by atoms with E-state index in [2.05, 4.69) is 0 Å². The molecule has 1 saturated heterocycles. The summed E-state index contributed by atoms with van der Waals surface area (Å²) in [5, 5.41) is 10.3. The van der Waals surface area contributed by atoms with Crippen molar-refractivity contribution >= 4 is 40.6 Å². The van der Waals surface area contributed by atoms with E-state index in [9.17, 15) is 14.7 Å². The number of amides is 2. The number of benzene rings is 2. The average Bonchev–Trinajstić information content (AvgIpc) is 2.89. The number of imide groups is 1. The van der Waals surface area contributed by atoms with E-state index >= 15 is 0 Å². The predicted octanol–water partition coefficient (Wildman–Crippen LogP) is 3.82. The number of aliphatic hydroxyl groups is 1. The lowest BCUT2D eigenvalue weighted by atomic mass is 10.2. The molecular formula is C19H16ClNO4S. The van der Waals surface area contributed by atoms with Gasteiger partial charge in [0.05, 0.1) is 11.4 Å². The number of thioether (sulfide) groups is 1. The van der Waals surface area contributed by atoms with Crippen molar-refractivity contribution in [1.29, 1.82) is 0 Å². The standard InChI is InChI=1S/C19H16ClNO4S/c20-14-6-8-16(9-7-14)25-12-15(22)11-21-18(23)17(26-19(21)24)10-13-4-2-1-3-5-13/h1-10,15,22H,11-12H2. The fourth-order valence-corrected chi connectivity index (χ4v) is 3.32. The first kappa shape index (κ1) is 18.5. The molecule has 2 amide bonds. The van der Waals surface area contributed by atoms with Crippen LogP contribution in [0.4, 0.5) is 4.79 Å². The first-order chi connectivity index (χ1) is 12.5. The molecule has 1 aliphatic heterocycles. The highest BCUT2D eigenvalue weighted by Crippen LogP contribution is 2.32. The van der Waals surface area contributed by atoms with E-state index in [0.717, 1.165) is 22.2 Å². The van der Waals surface area contributed by atoms with Crippen molar-refractivity contribution < 1.29 is 19.4 Å². The fourth-order valence-electron chi connectivity index (χ4n) is 2.34. The molecule has 1 fully saturated rings. The van der Waals surface area contributed by atoms with E-state index in [0.29, 0.717) is 15.7 Å². The van der Waals surface area contributed by atoms with E-state index in [1.807, 2.05) is 30.3 Å². The van der Waals surface area contributed by atoms with E-state index in [1.165, 1.54) is 0 Å². The highest BCUT2D eigenvalue weighted by molar-refractivity contribution is 8.18. The van der Waals surface area contributed by atoms with Crippen LogP contribution >= 0.6 is 23.4 Å². The minimum absolute atomic E-state index is 0.0406. The summed E-state index contributed by atoms with van der Waals surface area (Å²) in [5.41, 5.74) is 0.838. The zero-order valence-corrected chi connectivity index (χ0v) is 15.2. The Labute approximate surface area is 160 Å². The lowest BCUT2D eigenvalue weighted by Crippen LogP contribution is -2.38. The molecule has 1 N–H and O–H groups in total. The van der Waals surface area contributed by atoms with Crippen LogP contribution in [0.2, 0.25) is 5.02 Å². The van der Waals surface area contributed by atoms with E-state index in [1.54, 1.807) is 30.3 Å². The normalized spacial score (nSPS) is 17.0. The second-order valence-electron chi connectivity index (χ2n) is 5.62. The van der Waals surface area contributed by atoms with E-state index < -0.39 is 17.3 Å². The van der Waals surface area contributed by atoms with Gasteiger partial charge in [0.15, 0.2) is 0 Å². The number of carbonyl (C=O) groups is 2. The number of hydrogen-bond acceptors (Lipinski definition) is 5. The van der Waals surface area contributed by atoms with Gasteiger partial charge >= 0.3 is 0 Å². The SMILES string of the molecule is O=C1SC(=Cc2ccccc2)C(=O)N1CC(O)COc1ccc(Cl)cc1. The largest absolute Gasteiger partial charge is 0.491 e. The Morgan fingerprint density at radius 2 is 1.81 bits per heavy atom. The summed E-state index contributed by atoms with van der Waals surface area (Å²) < 4.78 is 5.45. The summed E-state index contributed by atoms with van der Waals surface area (Å²) in [6.45, 7) is -0.161. The third-order valence-corrected chi connectivity index (χ3v) is 4.78. The predicted molar refractivity (Wildman–Crippen MR) is 102 cm³/mol. The van der Waals surface area contributed by atoms with Gasteiger partial charge in [0, 0.05) is 5.02 Å². The van der Waals surface area contributed by atoms with Crippen molar-refractivity contribution in [2.75, 3.05) is 13.2 Å². The van der Waals surface area contributed by atoms with Crippen molar-refractivity contribution in [3.05, 3.63) is 70.1 Å². The van der Waals surface area contributed by atoms with Crippen LogP contribution in [0.25, 0.3) is 6.08 Å². The molecule has 0 bridgehead atoms. The summed E-state index contributed by atoms with van der Waals surface area (Å²) in [6.07, 6.45) is 0.678. The van der Waals surface area contributed by atoms with Gasteiger partial charge in [-0.1, -0.05) is 41.9 Å². The molecule has 1 unspecified atom stereocenters. The summed E-state index contributed by atoms with van der Waals surface area (Å²) in [5.74, 6) is 0.140. The molecule has 26 heavy (non-hydrogen) atoms. The maximum atomic E-state index is 12.4. The number of ether oxygens (including phenoxy) is 1. The molecule has 0 spiro atoms. The highest BCUT2D eigenvalue weighted by Gasteiger charge is 2.36. The minimum Gasteiger partial charge on any atom is -0.491 e. The van der Waals surface area contributed by atoms with Gasteiger partial charge in [-0.05, 0) is 47.7 Å². The molecule has 1 atom stereocenters. The first-order valence-corrected chi connectivity index (χ1v) is 9.09. The monoisotopic (exact) mass is 389 g/mol. The molecule has 7 heteroatoms. The number of aliphatic hydroxyl groups excluding tert-OH is 1. The van der Waals surface area contributed by atoms with Crippen molar-refractivity contribution in [2.45, 2.75) is 6.10 Å². The van der Waals surface area contributed by atoms with Crippen LogP contribution in [0.15, 0.2) is 59.5 Å². The Morgan fingerprint density at radius 3 is 2.50 bits per heavy atom. The molecule has 1 aliphatic rings. The van der Waals surface area contributed by atoms with Crippen LogP contribution in [0, 0.1) is 0 Å². The van der Waals surface area contributed by atoms with Crippen molar-refractivity contribution in [1.82, 2.24) is 4.90 Å². The number of hydrogen-bond donors (Lipinski definition) is 1. The zero-order chi connectivity index (χ0) is 18.5. The van der Waals surface area contributed by atoms with Gasteiger partial charge in [-0.15, -0.1) is 0 Å². The van der Waals surface area contributed by atoms with Crippen LogP contribution < -0.4 is 4.74 Å². The maximum absolute atomic E-state index is 12.4. The maximum Gasteiger partial charge on any atom is 0.293 e. The van der Waals surface area contributed by atoms with Crippen LogP contribution in [-0.4, -0.2) is 40.4 Å². The molecule has 5 nitrogen and oxygen atoms in total. The molecule has 1 heterocycles. The number of rotatable bonds is 6. The summed E-state index contributed by atoms with van der Waals surface area (Å²) >= 11 is 6.66. The number of halogens is 1. The van der Waals surface area contributed by atoms with Crippen molar-refractivity contribution in [3.63, 3.8) is 0 Å². The van der Waals surface area contributed by atoms with E-state index in [-0.39, 0.29) is 13.2 Å². The highest BCUT2D eigenvalue weighted by atomic mass is 35.5. The summed E-state index contributed by atoms with van der Waals surface area (Å²) in [6, 6.07) is 16.0. The Hall–Kier alpha value is -2.28. The molecule has 2 aromatic rings. The van der Waals surface area contributed by atoms with Crippen LogP contribution in [0.1, 0.15) is 5.56 Å². The Balaban J connectivity index is 1.58. The average molecular weight is 390 g/mol. The lowest BCUT2D eigenvalue weighted by molar-refractivity contribution is -0.123. The van der Waals surface area contributed by atoms with E-state index in [4.69, 9.17) is 16.3 Å². The summed E-state index contributed by atoms with van der Waals surface area (Å²) in [7, 11) is 0. The number of carbonyl (C=O) groups excluding carboxylic acids is 2. The van der Waals surface area contributed by atoms with Gasteiger partial charge in [0.25, 0.3) is 11.1 Å². The second-order valence-corrected chi connectivity index (χ2v) is 7.05. The first-order valence-electron chi connectivity index (χ1n) is 7.90. The third-order valence-electron chi connectivity index (χ3n) is 3.62. The smallest absolute Gasteiger partial charge is 0.293 e. The fraction of sp³-hybridized carbons (Fsp3) is 0.158. The Bertz CT molecular complexity index is 823. The number of nitrogens with zero attached hydrogens (tertiary/aromatic N) is 1. The van der Waals surface area contributed by atoms with Crippen molar-refractivity contribution in [2.24, 2.45) is 0 Å². The van der Waals surface area contributed by atoms with Crippen LogP contribution in [0.3, 0.4) is 0 Å². The van der Waals surface area contributed by atoms with Crippen LogP contribution in [-0.2, 0) is 4.79 Å². The van der Waals surface area contributed by atoms with Gasteiger partial charge in [-0.25, -0.2) is 0 Å². The van der Waals surface area contributed by atoms with Gasteiger partial charge < -0.3 is 9.84 Å². The number of β-amino-alcohol motifs (C(OH)–C–C–N with tert-alkyl or cyclic N) is 1. The van der Waals surface area contributed by atoms with Gasteiger partial charge in [0.1, 0.15) is 18.5 Å². The minimum atomic E-state index is -0.991. The Morgan fingerprint density at radius 1 is 1.12 bits per heavy atom. The molecule has 0 aromatic heterocycles. The Kier molecular flexibility index (Phi) is 5.98. The molecule has 2 aromatic carbocycles. The molecule has 0 aliphatic carbocycles. The quantitative estimate of drug-likeness (QED) is 0.761. The molecule has 0 saturated carbocycles. The van der Waals surface area contributed by atoms with Gasteiger partial charge in [-0.2, -0.15) is 0 Å². The zero-order valence-electron chi connectivity index (χ0n) is 13.7. The topological polar surface area (TPSA) is 66.8 Å². The summed E-state index contributed by atoms with van der Waals surface area (Å²) in [4.78, 5) is 25.9. The van der Waals surface area contributed by atoms with Crippen LogP contribution in [0.5, 0.6) is 5.75 Å². The molecule has 3 rings (SSSR count). The molecule has 0 radical (unpaired) electrons. The third kappa shape index (κ3) is 4.66. The van der Waals surface area contributed by atoms with Crippen molar-refractivity contribution in [3.8, 4) is 5.75 Å². The van der Waals surface area contributed by atoms with Gasteiger partial charge in [-0.3, -0.25) is 14.5 Å². The lowest BCUT2D eigenvalue weighted by Gasteiger charge is -2.18.